The van der Waals surface area contributed by atoms with Crippen molar-refractivity contribution in [1.29, 1.82) is 0 Å². The molecular weight excluding hydrogens is 332 g/mol. The summed E-state index contributed by atoms with van der Waals surface area (Å²) < 4.78 is 0. The standard InChI is InChI=1S/C15H18N4O2S2/c1-19(11-4-5-16-8-11)13(20)7-10-9-23-15(17-10)18-14(21)12-3-2-6-22-12/h2-3,6,9,11,16H,4-5,7-8H2,1H3,(H,17,18,21). The number of carbonyl (C=O) groups is 2. The third-order valence-electron chi connectivity index (χ3n) is 3.82. The van der Waals surface area contributed by atoms with E-state index in [1.165, 1.54) is 22.7 Å². The first kappa shape index (κ1) is 16.1. The van der Waals surface area contributed by atoms with Crippen LogP contribution in [0.5, 0.6) is 0 Å². The van der Waals surface area contributed by atoms with Crippen molar-refractivity contribution in [3.05, 3.63) is 33.5 Å². The van der Waals surface area contributed by atoms with Crippen LogP contribution in [0.1, 0.15) is 21.8 Å². The van der Waals surface area contributed by atoms with Crippen LogP contribution in [0.4, 0.5) is 5.13 Å². The summed E-state index contributed by atoms with van der Waals surface area (Å²) >= 11 is 2.72. The Morgan fingerprint density at radius 3 is 3.04 bits per heavy atom. The lowest BCUT2D eigenvalue weighted by Gasteiger charge is -2.23. The maximum Gasteiger partial charge on any atom is 0.267 e. The SMILES string of the molecule is CN(C(=O)Cc1csc(NC(=O)c2cccs2)n1)C1CCNC1. The van der Waals surface area contributed by atoms with Gasteiger partial charge in [-0.3, -0.25) is 14.9 Å². The lowest BCUT2D eigenvalue weighted by Crippen LogP contribution is -2.39. The number of nitrogens with zero attached hydrogens (tertiary/aromatic N) is 2. The minimum absolute atomic E-state index is 0.0557. The van der Waals surface area contributed by atoms with Crippen molar-refractivity contribution >= 4 is 39.6 Å². The van der Waals surface area contributed by atoms with Gasteiger partial charge in [0.15, 0.2) is 5.13 Å². The minimum Gasteiger partial charge on any atom is -0.341 e. The molecule has 23 heavy (non-hydrogen) atoms. The number of rotatable bonds is 5. The molecule has 3 heterocycles. The Balaban J connectivity index is 1.56. The predicted molar refractivity (Wildman–Crippen MR) is 92.1 cm³/mol. The number of hydrogen-bond acceptors (Lipinski definition) is 6. The van der Waals surface area contributed by atoms with Crippen LogP contribution in [0, 0.1) is 0 Å². The Morgan fingerprint density at radius 1 is 1.48 bits per heavy atom. The van der Waals surface area contributed by atoms with E-state index in [-0.39, 0.29) is 24.3 Å². The van der Waals surface area contributed by atoms with Crippen LogP contribution < -0.4 is 10.6 Å². The molecule has 0 spiro atoms. The summed E-state index contributed by atoms with van der Waals surface area (Å²) in [5, 5.41) is 10.2. The number of nitrogens with one attached hydrogen (secondary N) is 2. The summed E-state index contributed by atoms with van der Waals surface area (Å²) in [4.78, 5) is 31.0. The first-order valence-corrected chi connectivity index (χ1v) is 9.15. The molecule has 0 saturated carbocycles. The summed E-state index contributed by atoms with van der Waals surface area (Å²) in [7, 11) is 1.84. The molecule has 8 heteroatoms. The van der Waals surface area contributed by atoms with Gasteiger partial charge in [0.1, 0.15) is 0 Å². The van der Waals surface area contributed by atoms with Gasteiger partial charge in [0.05, 0.1) is 17.0 Å². The number of hydrogen-bond donors (Lipinski definition) is 2. The number of thiazole rings is 1. The van der Waals surface area contributed by atoms with E-state index in [1.807, 2.05) is 23.9 Å². The van der Waals surface area contributed by atoms with Gasteiger partial charge in [0, 0.05) is 25.0 Å². The molecule has 1 unspecified atom stereocenters. The van der Waals surface area contributed by atoms with E-state index in [1.54, 1.807) is 11.0 Å². The highest BCUT2D eigenvalue weighted by atomic mass is 32.1. The maximum atomic E-state index is 12.3. The van der Waals surface area contributed by atoms with Crippen LogP contribution in [-0.4, -0.2) is 47.9 Å². The molecule has 0 aromatic carbocycles. The molecular formula is C15H18N4O2S2. The number of aromatic nitrogens is 1. The molecule has 1 aliphatic heterocycles. The van der Waals surface area contributed by atoms with Crippen molar-refractivity contribution < 1.29 is 9.59 Å². The zero-order valence-corrected chi connectivity index (χ0v) is 14.4. The van der Waals surface area contributed by atoms with Crippen molar-refractivity contribution in [2.45, 2.75) is 18.9 Å². The second-order valence-corrected chi connectivity index (χ2v) is 7.21. The van der Waals surface area contributed by atoms with Gasteiger partial charge in [-0.2, -0.15) is 0 Å². The monoisotopic (exact) mass is 350 g/mol. The van der Waals surface area contributed by atoms with E-state index in [4.69, 9.17) is 0 Å². The van der Waals surface area contributed by atoms with Gasteiger partial charge in [-0.25, -0.2) is 4.98 Å². The van der Waals surface area contributed by atoms with Crippen LogP contribution in [0.25, 0.3) is 0 Å². The molecule has 6 nitrogen and oxygen atoms in total. The molecule has 0 radical (unpaired) electrons. The zero-order chi connectivity index (χ0) is 16.2. The maximum absolute atomic E-state index is 12.3. The van der Waals surface area contributed by atoms with E-state index < -0.39 is 0 Å². The molecule has 3 rings (SSSR count). The topological polar surface area (TPSA) is 74.3 Å². The van der Waals surface area contributed by atoms with Crippen molar-refractivity contribution in [3.8, 4) is 0 Å². The fraction of sp³-hybridized carbons (Fsp3) is 0.400. The molecule has 2 amide bonds. The van der Waals surface area contributed by atoms with Crippen LogP contribution >= 0.6 is 22.7 Å². The van der Waals surface area contributed by atoms with E-state index >= 15 is 0 Å². The Hall–Kier alpha value is -1.77. The van der Waals surface area contributed by atoms with E-state index in [0.717, 1.165) is 19.5 Å². The fourth-order valence-corrected chi connectivity index (χ4v) is 3.79. The second kappa shape index (κ2) is 7.20. The normalized spacial score (nSPS) is 17.2. The fourth-order valence-electron chi connectivity index (χ4n) is 2.47. The van der Waals surface area contributed by atoms with Crippen molar-refractivity contribution in [3.63, 3.8) is 0 Å². The second-order valence-electron chi connectivity index (χ2n) is 5.40. The highest BCUT2D eigenvalue weighted by Gasteiger charge is 2.23. The molecule has 0 bridgehead atoms. The Bertz CT molecular complexity index is 677. The summed E-state index contributed by atoms with van der Waals surface area (Å²) in [6.07, 6.45) is 1.25. The number of amides is 2. The quantitative estimate of drug-likeness (QED) is 0.863. The average Bonchev–Trinajstić information content (AvgIpc) is 3.29. The van der Waals surface area contributed by atoms with Crippen molar-refractivity contribution in [1.82, 2.24) is 15.2 Å². The van der Waals surface area contributed by atoms with Crippen molar-refractivity contribution in [2.24, 2.45) is 0 Å². The van der Waals surface area contributed by atoms with Gasteiger partial charge in [0.25, 0.3) is 5.91 Å². The van der Waals surface area contributed by atoms with Crippen LogP contribution in [0.15, 0.2) is 22.9 Å². The van der Waals surface area contributed by atoms with Crippen LogP contribution in [-0.2, 0) is 11.2 Å². The molecule has 1 aliphatic rings. The van der Waals surface area contributed by atoms with Crippen LogP contribution in [0.2, 0.25) is 0 Å². The summed E-state index contributed by atoms with van der Waals surface area (Å²) in [6, 6.07) is 3.86. The predicted octanol–water partition coefficient (Wildman–Crippen LogP) is 1.82. The first-order chi connectivity index (χ1) is 11.1. The molecule has 0 aliphatic carbocycles. The summed E-state index contributed by atoms with van der Waals surface area (Å²) in [5.74, 6) is -0.110. The van der Waals surface area contributed by atoms with Gasteiger partial charge in [-0.1, -0.05) is 6.07 Å². The van der Waals surface area contributed by atoms with E-state index in [2.05, 4.69) is 15.6 Å². The van der Waals surface area contributed by atoms with Crippen molar-refractivity contribution in [2.75, 3.05) is 25.5 Å². The molecule has 1 atom stereocenters. The number of thiophene rings is 1. The summed E-state index contributed by atoms with van der Waals surface area (Å²) in [5.41, 5.74) is 0.694. The smallest absolute Gasteiger partial charge is 0.267 e. The van der Waals surface area contributed by atoms with Gasteiger partial charge in [-0.05, 0) is 24.4 Å². The highest BCUT2D eigenvalue weighted by molar-refractivity contribution is 7.14. The van der Waals surface area contributed by atoms with Gasteiger partial charge in [-0.15, -0.1) is 22.7 Å². The molecule has 1 fully saturated rings. The minimum atomic E-state index is -0.165. The third-order valence-corrected chi connectivity index (χ3v) is 5.50. The summed E-state index contributed by atoms with van der Waals surface area (Å²) in [6.45, 7) is 1.80. The van der Waals surface area contributed by atoms with E-state index in [0.29, 0.717) is 15.7 Å². The molecule has 2 aromatic heterocycles. The number of likely N-dealkylation sites (N-methyl/N-ethyl adjacent to an activating group) is 1. The lowest BCUT2D eigenvalue weighted by atomic mass is 10.2. The third kappa shape index (κ3) is 3.95. The van der Waals surface area contributed by atoms with Gasteiger partial charge < -0.3 is 10.2 Å². The molecule has 2 N–H and O–H groups in total. The molecule has 2 aromatic rings. The Labute approximate surface area is 142 Å². The number of anilines is 1. The largest absolute Gasteiger partial charge is 0.341 e. The van der Waals surface area contributed by atoms with Gasteiger partial charge in [0.2, 0.25) is 5.91 Å². The number of carbonyl (C=O) groups excluding carboxylic acids is 2. The average molecular weight is 350 g/mol. The highest BCUT2D eigenvalue weighted by Crippen LogP contribution is 2.19. The van der Waals surface area contributed by atoms with E-state index in [9.17, 15) is 9.59 Å². The lowest BCUT2D eigenvalue weighted by molar-refractivity contribution is -0.130. The molecule has 122 valence electrons. The first-order valence-electron chi connectivity index (χ1n) is 7.39. The molecule has 1 saturated heterocycles. The van der Waals surface area contributed by atoms with Crippen LogP contribution in [0.3, 0.4) is 0 Å². The Morgan fingerprint density at radius 2 is 2.35 bits per heavy atom. The Kier molecular flexibility index (Phi) is 5.04. The van der Waals surface area contributed by atoms with Gasteiger partial charge >= 0.3 is 0 Å². The zero-order valence-electron chi connectivity index (χ0n) is 12.7.